The van der Waals surface area contributed by atoms with Gasteiger partial charge in [0.05, 0.1) is 26.4 Å². The van der Waals surface area contributed by atoms with E-state index in [1.165, 1.54) is 205 Å². The number of carbonyl (C=O) groups excluding carboxylic acids is 4. The van der Waals surface area contributed by atoms with Gasteiger partial charge < -0.3 is 33.8 Å². The van der Waals surface area contributed by atoms with Crippen LogP contribution in [-0.2, 0) is 65.4 Å². The Hall–Kier alpha value is -1.94. The molecule has 17 nitrogen and oxygen atoms in total. The van der Waals surface area contributed by atoms with Crippen molar-refractivity contribution in [1.82, 2.24) is 0 Å². The molecule has 570 valence electrons. The first-order valence-corrected chi connectivity index (χ1v) is 42.8. The summed E-state index contributed by atoms with van der Waals surface area (Å²) in [6, 6.07) is 0. The molecule has 0 fully saturated rings. The van der Waals surface area contributed by atoms with Crippen molar-refractivity contribution in [2.45, 2.75) is 414 Å². The standard InChI is InChI=1S/C77H150O17P2/c1-8-9-10-11-12-13-22-29-37-44-51-58-74(79)87-65-73(94-77(82)61-54-47-40-33-32-36-43-50-57-70(6)7)67-92-96(85,86)90-63-71(78)62-89-95(83,84)91-66-72(64-88-75(80)59-52-45-38-30-26-25-28-35-42-49-56-69(4)5)93-76(81)60-53-46-39-31-24-21-19-17-15-14-16-18-20-23-27-34-41-48-55-68(2)3/h68-73,78H,8-67H2,1-7H3,(H,83,84)(H,85,86)/t71-,72-,73-/m1/s1. The van der Waals surface area contributed by atoms with Crippen molar-refractivity contribution in [1.29, 1.82) is 0 Å². The Labute approximate surface area is 588 Å². The second kappa shape index (κ2) is 67.5. The van der Waals surface area contributed by atoms with Crippen LogP contribution in [0.3, 0.4) is 0 Å². The normalized spacial score (nSPS) is 14.1. The maximum Gasteiger partial charge on any atom is 0.472 e. The van der Waals surface area contributed by atoms with Crippen LogP contribution in [0.2, 0.25) is 0 Å². The van der Waals surface area contributed by atoms with Crippen LogP contribution in [0.15, 0.2) is 0 Å². The van der Waals surface area contributed by atoms with Crippen LogP contribution in [0, 0.1) is 17.8 Å². The molecule has 5 atom stereocenters. The van der Waals surface area contributed by atoms with E-state index in [0.717, 1.165) is 108 Å². The molecule has 0 heterocycles. The smallest absolute Gasteiger partial charge is 0.462 e. The van der Waals surface area contributed by atoms with Crippen molar-refractivity contribution >= 4 is 39.5 Å². The van der Waals surface area contributed by atoms with Gasteiger partial charge in [-0.1, -0.05) is 344 Å². The summed E-state index contributed by atoms with van der Waals surface area (Å²) < 4.78 is 68.5. The number of rotatable bonds is 75. The third-order valence-corrected chi connectivity index (χ3v) is 19.8. The monoisotopic (exact) mass is 1410 g/mol. The molecular weight excluding hydrogens is 1260 g/mol. The van der Waals surface area contributed by atoms with Gasteiger partial charge in [0.25, 0.3) is 0 Å². The molecule has 0 radical (unpaired) electrons. The van der Waals surface area contributed by atoms with Crippen molar-refractivity contribution in [2.24, 2.45) is 17.8 Å². The van der Waals surface area contributed by atoms with E-state index >= 15 is 0 Å². The number of hydrogen-bond donors (Lipinski definition) is 3. The van der Waals surface area contributed by atoms with Crippen LogP contribution in [0.4, 0.5) is 0 Å². The Kier molecular flexibility index (Phi) is 66.2. The van der Waals surface area contributed by atoms with Gasteiger partial charge in [0.2, 0.25) is 0 Å². The lowest BCUT2D eigenvalue weighted by molar-refractivity contribution is -0.161. The minimum Gasteiger partial charge on any atom is -0.462 e. The Morgan fingerprint density at radius 1 is 0.281 bits per heavy atom. The molecule has 0 aliphatic rings. The Bertz CT molecular complexity index is 1870. The van der Waals surface area contributed by atoms with E-state index in [-0.39, 0.29) is 25.7 Å². The maximum absolute atomic E-state index is 13.1. The van der Waals surface area contributed by atoms with Crippen LogP contribution in [0.25, 0.3) is 0 Å². The molecular formula is C77H150O17P2. The SMILES string of the molecule is CCCCCCCCCCCCCC(=O)OC[C@H](COP(=O)(O)OC[C@H](O)COP(=O)(O)OC[C@@H](COC(=O)CCCCCCCCCCCCC(C)C)OC(=O)CCCCCCCCCCCCCCCCCCCCC(C)C)OC(=O)CCCCCCCCCCC(C)C. The number of phosphoric ester groups is 2. The summed E-state index contributed by atoms with van der Waals surface area (Å²) in [5.41, 5.74) is 0. The molecule has 3 N–H and O–H groups in total. The molecule has 0 aliphatic carbocycles. The van der Waals surface area contributed by atoms with Crippen molar-refractivity contribution in [3.63, 3.8) is 0 Å². The van der Waals surface area contributed by atoms with E-state index in [4.69, 9.17) is 37.0 Å². The highest BCUT2D eigenvalue weighted by Crippen LogP contribution is 2.45. The van der Waals surface area contributed by atoms with Crippen molar-refractivity contribution < 1.29 is 80.2 Å². The summed E-state index contributed by atoms with van der Waals surface area (Å²) in [6.07, 6.45) is 54.2. The molecule has 0 rings (SSSR count). The van der Waals surface area contributed by atoms with Gasteiger partial charge in [-0.15, -0.1) is 0 Å². The maximum atomic E-state index is 13.1. The molecule has 0 aromatic carbocycles. The molecule has 0 saturated carbocycles. The van der Waals surface area contributed by atoms with Crippen LogP contribution in [0.5, 0.6) is 0 Å². The van der Waals surface area contributed by atoms with Gasteiger partial charge in [-0.3, -0.25) is 37.3 Å². The minimum atomic E-state index is -4.96. The predicted molar refractivity (Wildman–Crippen MR) is 391 cm³/mol. The van der Waals surface area contributed by atoms with Gasteiger partial charge in [0, 0.05) is 25.7 Å². The first-order chi connectivity index (χ1) is 46.2. The Morgan fingerprint density at radius 3 is 0.708 bits per heavy atom. The molecule has 0 aromatic heterocycles. The van der Waals surface area contributed by atoms with Gasteiger partial charge in [0.1, 0.15) is 19.3 Å². The lowest BCUT2D eigenvalue weighted by Crippen LogP contribution is -2.30. The molecule has 0 bridgehead atoms. The van der Waals surface area contributed by atoms with Crippen molar-refractivity contribution in [3.8, 4) is 0 Å². The fourth-order valence-electron chi connectivity index (χ4n) is 11.8. The highest BCUT2D eigenvalue weighted by molar-refractivity contribution is 7.47. The molecule has 96 heavy (non-hydrogen) atoms. The summed E-state index contributed by atoms with van der Waals surface area (Å²) in [7, 11) is -9.91. The zero-order valence-electron chi connectivity index (χ0n) is 62.8. The quantitative estimate of drug-likeness (QED) is 0.0222. The number of hydrogen-bond acceptors (Lipinski definition) is 15. The number of esters is 4. The summed E-state index contributed by atoms with van der Waals surface area (Å²) in [5.74, 6) is 0.179. The summed E-state index contributed by atoms with van der Waals surface area (Å²) >= 11 is 0. The molecule has 2 unspecified atom stereocenters. The zero-order chi connectivity index (χ0) is 70.9. The van der Waals surface area contributed by atoms with Gasteiger partial charge >= 0.3 is 39.5 Å². The number of carbonyl (C=O) groups is 4. The minimum absolute atomic E-state index is 0.105. The van der Waals surface area contributed by atoms with E-state index in [0.29, 0.717) is 25.7 Å². The molecule has 0 amide bonds. The number of aliphatic hydroxyl groups is 1. The molecule has 0 aliphatic heterocycles. The van der Waals surface area contributed by atoms with Gasteiger partial charge in [0.15, 0.2) is 12.2 Å². The van der Waals surface area contributed by atoms with Crippen LogP contribution >= 0.6 is 15.6 Å². The van der Waals surface area contributed by atoms with E-state index in [9.17, 15) is 43.2 Å². The van der Waals surface area contributed by atoms with E-state index < -0.39 is 97.5 Å². The number of phosphoric acid groups is 2. The first kappa shape index (κ1) is 94.1. The Balaban J connectivity index is 5.20. The second-order valence-corrected chi connectivity index (χ2v) is 32.1. The van der Waals surface area contributed by atoms with E-state index in [2.05, 4.69) is 48.5 Å². The lowest BCUT2D eigenvalue weighted by atomic mass is 10.0. The first-order valence-electron chi connectivity index (χ1n) is 39.8. The molecule has 19 heteroatoms. The summed E-state index contributed by atoms with van der Waals surface area (Å²) in [5, 5.41) is 10.6. The van der Waals surface area contributed by atoms with Crippen molar-refractivity contribution in [3.05, 3.63) is 0 Å². The predicted octanol–water partition coefficient (Wildman–Crippen LogP) is 22.6. The van der Waals surface area contributed by atoms with Crippen molar-refractivity contribution in [2.75, 3.05) is 39.6 Å². The molecule has 0 aromatic rings. The van der Waals surface area contributed by atoms with Crippen LogP contribution in [-0.4, -0.2) is 96.7 Å². The van der Waals surface area contributed by atoms with Crippen LogP contribution in [0.1, 0.15) is 395 Å². The average Bonchev–Trinajstić information content (AvgIpc) is 1.78. The van der Waals surface area contributed by atoms with Gasteiger partial charge in [-0.05, 0) is 43.4 Å². The number of unbranched alkanes of at least 4 members (excludes halogenated alkanes) is 43. The van der Waals surface area contributed by atoms with Gasteiger partial charge in [-0.25, -0.2) is 9.13 Å². The van der Waals surface area contributed by atoms with Gasteiger partial charge in [-0.2, -0.15) is 0 Å². The highest BCUT2D eigenvalue weighted by Gasteiger charge is 2.30. The number of ether oxygens (including phenoxy) is 4. The third-order valence-electron chi connectivity index (χ3n) is 17.9. The van der Waals surface area contributed by atoms with Crippen LogP contribution < -0.4 is 0 Å². The topological polar surface area (TPSA) is 237 Å². The zero-order valence-corrected chi connectivity index (χ0v) is 64.6. The highest BCUT2D eigenvalue weighted by atomic mass is 31.2. The second-order valence-electron chi connectivity index (χ2n) is 29.2. The lowest BCUT2D eigenvalue weighted by Gasteiger charge is -2.21. The fraction of sp³-hybridized carbons (Fsp3) is 0.948. The molecule has 0 spiro atoms. The molecule has 0 saturated heterocycles. The summed E-state index contributed by atoms with van der Waals surface area (Å²) in [4.78, 5) is 72.8. The summed E-state index contributed by atoms with van der Waals surface area (Å²) in [6.45, 7) is 11.9. The Morgan fingerprint density at radius 2 is 0.479 bits per heavy atom. The van der Waals surface area contributed by atoms with E-state index in [1.54, 1.807) is 0 Å². The van der Waals surface area contributed by atoms with E-state index in [1.807, 2.05) is 0 Å². The number of aliphatic hydroxyl groups excluding tert-OH is 1. The fourth-order valence-corrected chi connectivity index (χ4v) is 13.4. The average molecular weight is 1410 g/mol. The largest absolute Gasteiger partial charge is 0.472 e. The third kappa shape index (κ3) is 70.5.